The van der Waals surface area contributed by atoms with Crippen LogP contribution in [0.3, 0.4) is 0 Å². The van der Waals surface area contributed by atoms with E-state index < -0.39 is 0 Å². The van der Waals surface area contributed by atoms with Crippen LogP contribution in [-0.4, -0.2) is 0 Å². The summed E-state index contributed by atoms with van der Waals surface area (Å²) in [6, 6.07) is 45.8. The van der Waals surface area contributed by atoms with Crippen molar-refractivity contribution >= 4 is 70.2 Å². The van der Waals surface area contributed by atoms with E-state index in [0.29, 0.717) is 0 Å². The Kier molecular flexibility index (Phi) is 4.74. The van der Waals surface area contributed by atoms with E-state index in [1.807, 2.05) is 12.1 Å². The molecule has 0 saturated carbocycles. The van der Waals surface area contributed by atoms with Gasteiger partial charge in [-0.3, -0.25) is 0 Å². The number of benzene rings is 7. The van der Waals surface area contributed by atoms with Crippen molar-refractivity contribution in [2.24, 2.45) is 0 Å². The van der Waals surface area contributed by atoms with E-state index in [2.05, 4.69) is 131 Å². The average molecular weight is 549 g/mol. The van der Waals surface area contributed by atoms with Crippen LogP contribution < -0.4 is 0 Å². The predicted octanol–water partition coefficient (Wildman–Crippen LogP) is 11.1. The highest BCUT2D eigenvalue weighted by Crippen LogP contribution is 2.39. The van der Waals surface area contributed by atoms with Crippen LogP contribution >= 0.6 is 15.9 Å². The van der Waals surface area contributed by atoms with Crippen LogP contribution in [0.5, 0.6) is 0 Å². The van der Waals surface area contributed by atoms with Gasteiger partial charge in [0.1, 0.15) is 11.2 Å². The van der Waals surface area contributed by atoms with Crippen molar-refractivity contribution in [2.45, 2.75) is 0 Å². The van der Waals surface area contributed by atoms with Crippen molar-refractivity contribution < 1.29 is 4.42 Å². The lowest BCUT2D eigenvalue weighted by molar-refractivity contribution is 0.669. The molecule has 8 aromatic rings. The first-order valence-corrected chi connectivity index (χ1v) is 13.6. The predicted molar refractivity (Wildman–Crippen MR) is 165 cm³/mol. The number of hydrogen-bond donors (Lipinski definition) is 0. The van der Waals surface area contributed by atoms with Gasteiger partial charge >= 0.3 is 0 Å². The minimum Gasteiger partial charge on any atom is -0.456 e. The van der Waals surface area contributed by atoms with Crippen molar-refractivity contribution in [3.05, 3.63) is 132 Å². The molecule has 8 rings (SSSR count). The summed E-state index contributed by atoms with van der Waals surface area (Å²) in [6.45, 7) is 0. The zero-order valence-corrected chi connectivity index (χ0v) is 22.0. The first-order valence-electron chi connectivity index (χ1n) is 12.8. The normalized spacial score (nSPS) is 11.8. The van der Waals surface area contributed by atoms with E-state index in [1.165, 1.54) is 54.6 Å². The molecule has 0 radical (unpaired) electrons. The minimum atomic E-state index is 0.901. The standard InChI is InChI=1S/C36H21BrO/c37-33-10-5-11-35-36(33)32-21-25(17-19-34(32)38-35)23-14-12-22(13-15-23)24-16-18-30-28-8-2-1-6-26(28)27-7-3-4-9-29(27)31(30)20-24/h1-21H. The van der Waals surface area contributed by atoms with E-state index in [1.54, 1.807) is 0 Å². The van der Waals surface area contributed by atoms with Gasteiger partial charge in [-0.25, -0.2) is 0 Å². The molecule has 178 valence electrons. The van der Waals surface area contributed by atoms with Gasteiger partial charge in [0.05, 0.1) is 0 Å². The third kappa shape index (κ3) is 3.24. The van der Waals surface area contributed by atoms with Crippen LogP contribution in [0.1, 0.15) is 0 Å². The van der Waals surface area contributed by atoms with Gasteiger partial charge in [-0.1, -0.05) is 113 Å². The molecule has 0 aliphatic carbocycles. The molecule has 0 saturated heterocycles. The van der Waals surface area contributed by atoms with Crippen molar-refractivity contribution in [3.63, 3.8) is 0 Å². The summed E-state index contributed by atoms with van der Waals surface area (Å²) in [7, 11) is 0. The van der Waals surface area contributed by atoms with Crippen LogP contribution in [-0.2, 0) is 0 Å². The summed E-state index contributed by atoms with van der Waals surface area (Å²) >= 11 is 3.70. The van der Waals surface area contributed by atoms with Gasteiger partial charge in [-0.05, 0) is 84.9 Å². The maximum absolute atomic E-state index is 6.06. The van der Waals surface area contributed by atoms with Gasteiger partial charge in [0.15, 0.2) is 0 Å². The Balaban J connectivity index is 1.24. The van der Waals surface area contributed by atoms with Crippen LogP contribution in [0.15, 0.2) is 136 Å². The maximum Gasteiger partial charge on any atom is 0.136 e. The van der Waals surface area contributed by atoms with Crippen LogP contribution in [0.25, 0.3) is 76.5 Å². The van der Waals surface area contributed by atoms with Crippen molar-refractivity contribution in [3.8, 4) is 22.3 Å². The molecule has 0 unspecified atom stereocenters. The molecule has 7 aromatic carbocycles. The second-order valence-corrected chi connectivity index (χ2v) is 10.7. The molecule has 0 fully saturated rings. The fourth-order valence-corrected chi connectivity index (χ4v) is 6.47. The summed E-state index contributed by atoms with van der Waals surface area (Å²) in [6.07, 6.45) is 0. The van der Waals surface area contributed by atoms with Crippen LogP contribution in [0.2, 0.25) is 0 Å². The Hall–Kier alpha value is -4.40. The zero-order valence-electron chi connectivity index (χ0n) is 20.4. The average Bonchev–Trinajstić information content (AvgIpc) is 3.36. The van der Waals surface area contributed by atoms with E-state index >= 15 is 0 Å². The quantitative estimate of drug-likeness (QED) is 0.196. The molecule has 38 heavy (non-hydrogen) atoms. The second-order valence-electron chi connectivity index (χ2n) is 9.85. The molecule has 0 N–H and O–H groups in total. The number of hydrogen-bond acceptors (Lipinski definition) is 1. The minimum absolute atomic E-state index is 0.901. The number of halogens is 1. The summed E-state index contributed by atoms with van der Waals surface area (Å²) in [5.41, 5.74) is 6.62. The molecule has 0 amide bonds. The Bertz CT molecular complexity index is 2150. The number of rotatable bonds is 2. The molecule has 0 spiro atoms. The monoisotopic (exact) mass is 548 g/mol. The van der Waals surface area contributed by atoms with Crippen molar-refractivity contribution in [1.82, 2.24) is 0 Å². The highest BCUT2D eigenvalue weighted by Gasteiger charge is 2.12. The Morgan fingerprint density at radius 2 is 0.868 bits per heavy atom. The number of furan rings is 1. The smallest absolute Gasteiger partial charge is 0.136 e. The fourth-order valence-electron chi connectivity index (χ4n) is 5.91. The van der Waals surface area contributed by atoms with Gasteiger partial charge < -0.3 is 4.42 Å². The van der Waals surface area contributed by atoms with Crippen molar-refractivity contribution in [2.75, 3.05) is 0 Å². The van der Waals surface area contributed by atoms with E-state index in [4.69, 9.17) is 4.42 Å². The third-order valence-electron chi connectivity index (χ3n) is 7.74. The molecule has 0 atom stereocenters. The summed E-state index contributed by atoms with van der Waals surface area (Å²) in [5, 5.41) is 10.1. The Morgan fingerprint density at radius 3 is 1.50 bits per heavy atom. The van der Waals surface area contributed by atoms with Gasteiger partial charge in [-0.15, -0.1) is 0 Å². The van der Waals surface area contributed by atoms with E-state index in [-0.39, 0.29) is 0 Å². The van der Waals surface area contributed by atoms with Crippen LogP contribution in [0.4, 0.5) is 0 Å². The molecule has 1 aromatic heterocycles. The molecule has 1 nitrogen and oxygen atoms in total. The Morgan fingerprint density at radius 1 is 0.368 bits per heavy atom. The second kappa shape index (κ2) is 8.31. The molecule has 2 heteroatoms. The van der Waals surface area contributed by atoms with Gasteiger partial charge in [0.25, 0.3) is 0 Å². The largest absolute Gasteiger partial charge is 0.456 e. The molecular formula is C36H21BrO. The first-order chi connectivity index (χ1) is 18.7. The lowest BCUT2D eigenvalue weighted by Crippen LogP contribution is -1.85. The molecule has 0 aliphatic heterocycles. The van der Waals surface area contributed by atoms with Gasteiger partial charge in [-0.2, -0.15) is 0 Å². The lowest BCUT2D eigenvalue weighted by Gasteiger charge is -2.12. The first kappa shape index (κ1) is 21.7. The topological polar surface area (TPSA) is 13.1 Å². The molecular weight excluding hydrogens is 528 g/mol. The van der Waals surface area contributed by atoms with E-state index in [9.17, 15) is 0 Å². The molecule has 1 heterocycles. The zero-order chi connectivity index (χ0) is 25.2. The molecule has 0 bridgehead atoms. The maximum atomic E-state index is 6.06. The highest BCUT2D eigenvalue weighted by molar-refractivity contribution is 9.10. The summed E-state index contributed by atoms with van der Waals surface area (Å²) in [4.78, 5) is 0. The van der Waals surface area contributed by atoms with Gasteiger partial charge in [0, 0.05) is 15.2 Å². The van der Waals surface area contributed by atoms with Crippen LogP contribution in [0, 0.1) is 0 Å². The third-order valence-corrected chi connectivity index (χ3v) is 8.40. The van der Waals surface area contributed by atoms with E-state index in [0.717, 1.165) is 26.4 Å². The lowest BCUT2D eigenvalue weighted by atomic mass is 9.92. The summed E-state index contributed by atoms with van der Waals surface area (Å²) in [5.74, 6) is 0. The fraction of sp³-hybridized carbons (Fsp3) is 0. The Labute approximate surface area is 228 Å². The number of fused-ring (bicyclic) bond motifs is 9. The highest BCUT2D eigenvalue weighted by atomic mass is 79.9. The SMILES string of the molecule is Brc1cccc2oc3ccc(-c4ccc(-c5ccc6c7ccccc7c7ccccc7c6c5)cc4)cc3c12. The van der Waals surface area contributed by atoms with Gasteiger partial charge in [0.2, 0.25) is 0 Å². The van der Waals surface area contributed by atoms with Crippen molar-refractivity contribution in [1.29, 1.82) is 0 Å². The summed E-state index contributed by atoms with van der Waals surface area (Å²) < 4.78 is 7.12. The molecule has 0 aliphatic rings.